The number of aryl methyl sites for hydroxylation is 1. The molecule has 3 nitrogen and oxygen atoms in total. The molecule has 90 valence electrons. The van der Waals surface area contributed by atoms with E-state index in [-0.39, 0.29) is 5.78 Å². The van der Waals surface area contributed by atoms with Gasteiger partial charge < -0.3 is 9.40 Å². The Hall–Kier alpha value is -2.00. The molecule has 0 amide bonds. The Morgan fingerprint density at radius 3 is 2.89 bits per heavy atom. The monoisotopic (exact) mass is 259 g/mol. The van der Waals surface area contributed by atoms with Crippen molar-refractivity contribution in [3.05, 3.63) is 58.6 Å². The number of rotatable bonds is 2. The molecule has 0 aliphatic carbocycles. The number of aromatic amines is 1. The lowest BCUT2D eigenvalue weighted by Crippen LogP contribution is -1.98. The van der Waals surface area contributed by atoms with Crippen molar-refractivity contribution in [1.82, 2.24) is 4.98 Å². The Bertz CT molecular complexity index is 739. The van der Waals surface area contributed by atoms with Gasteiger partial charge in [0.2, 0.25) is 0 Å². The summed E-state index contributed by atoms with van der Waals surface area (Å²) in [5.41, 5.74) is 2.05. The molecule has 0 radical (unpaired) electrons. The van der Waals surface area contributed by atoms with Crippen LogP contribution in [0.5, 0.6) is 0 Å². The van der Waals surface area contributed by atoms with Gasteiger partial charge in [-0.3, -0.25) is 4.79 Å². The highest BCUT2D eigenvalue weighted by molar-refractivity contribution is 6.31. The highest BCUT2D eigenvalue weighted by Crippen LogP contribution is 2.24. The fraction of sp³-hybridized carbons (Fsp3) is 0.0714. The fourth-order valence-electron chi connectivity index (χ4n) is 2.00. The van der Waals surface area contributed by atoms with E-state index in [4.69, 9.17) is 16.0 Å². The first-order chi connectivity index (χ1) is 8.65. The summed E-state index contributed by atoms with van der Waals surface area (Å²) >= 11 is 5.96. The first-order valence-electron chi connectivity index (χ1n) is 5.51. The molecule has 3 rings (SSSR count). The Morgan fingerprint density at radius 1 is 1.33 bits per heavy atom. The second-order valence-corrected chi connectivity index (χ2v) is 4.60. The van der Waals surface area contributed by atoms with Gasteiger partial charge >= 0.3 is 0 Å². The minimum atomic E-state index is -0.0691. The van der Waals surface area contributed by atoms with Crippen LogP contribution in [0.2, 0.25) is 5.02 Å². The van der Waals surface area contributed by atoms with Crippen molar-refractivity contribution >= 4 is 28.3 Å². The molecular weight excluding hydrogens is 250 g/mol. The van der Waals surface area contributed by atoms with Gasteiger partial charge in [-0.25, -0.2) is 0 Å². The summed E-state index contributed by atoms with van der Waals surface area (Å²) in [6.07, 6.45) is 3.17. The Labute approximate surface area is 108 Å². The Kier molecular flexibility index (Phi) is 2.49. The number of hydrogen-bond acceptors (Lipinski definition) is 2. The van der Waals surface area contributed by atoms with E-state index >= 15 is 0 Å². The number of aromatic nitrogens is 1. The standard InChI is InChI=1S/C14H10ClNO2/c1-8-4-9(7-18-8)14(17)12-6-16-13-3-2-10(15)5-11(12)13/h2-7,16H,1H3. The van der Waals surface area contributed by atoms with Crippen molar-refractivity contribution in [2.75, 3.05) is 0 Å². The van der Waals surface area contributed by atoms with Crippen LogP contribution in [0.3, 0.4) is 0 Å². The lowest BCUT2D eigenvalue weighted by Gasteiger charge is -1.96. The van der Waals surface area contributed by atoms with E-state index in [1.54, 1.807) is 24.4 Å². The van der Waals surface area contributed by atoms with Crippen LogP contribution in [0.15, 0.2) is 41.1 Å². The molecule has 4 heteroatoms. The number of carbonyl (C=O) groups is 1. The number of benzene rings is 1. The second kappa shape index (κ2) is 4.03. The van der Waals surface area contributed by atoms with Crippen LogP contribution >= 0.6 is 11.6 Å². The first kappa shape index (κ1) is 11.1. The van der Waals surface area contributed by atoms with Crippen LogP contribution in [0, 0.1) is 6.92 Å². The summed E-state index contributed by atoms with van der Waals surface area (Å²) < 4.78 is 5.16. The SMILES string of the molecule is Cc1cc(C(=O)c2c[nH]c3ccc(Cl)cc23)co1. The molecule has 1 N–H and O–H groups in total. The zero-order valence-corrected chi connectivity index (χ0v) is 10.4. The van der Waals surface area contributed by atoms with E-state index in [2.05, 4.69) is 4.98 Å². The Morgan fingerprint density at radius 2 is 2.17 bits per heavy atom. The molecule has 0 atom stereocenters. The summed E-state index contributed by atoms with van der Waals surface area (Å²) in [5.74, 6) is 0.650. The van der Waals surface area contributed by atoms with Crippen LogP contribution < -0.4 is 0 Å². The summed E-state index contributed by atoms with van der Waals surface area (Å²) in [4.78, 5) is 15.4. The molecule has 0 spiro atoms. The minimum Gasteiger partial charge on any atom is -0.469 e. The largest absolute Gasteiger partial charge is 0.469 e. The lowest BCUT2D eigenvalue weighted by atomic mass is 10.1. The smallest absolute Gasteiger partial charge is 0.198 e. The molecule has 3 aromatic rings. The summed E-state index contributed by atoms with van der Waals surface area (Å²) in [5, 5.41) is 1.44. The van der Waals surface area contributed by atoms with Gasteiger partial charge in [0.25, 0.3) is 0 Å². The van der Waals surface area contributed by atoms with E-state index in [1.165, 1.54) is 6.26 Å². The highest BCUT2D eigenvalue weighted by atomic mass is 35.5. The number of carbonyl (C=O) groups excluding carboxylic acids is 1. The molecular formula is C14H10ClNO2. The third-order valence-corrected chi connectivity index (χ3v) is 3.12. The number of H-pyrrole nitrogens is 1. The quantitative estimate of drug-likeness (QED) is 0.708. The number of ketones is 1. The third-order valence-electron chi connectivity index (χ3n) is 2.88. The molecule has 2 aromatic heterocycles. The van der Waals surface area contributed by atoms with Gasteiger partial charge in [-0.15, -0.1) is 0 Å². The van der Waals surface area contributed by atoms with Crippen LogP contribution in [-0.4, -0.2) is 10.8 Å². The van der Waals surface area contributed by atoms with E-state index in [9.17, 15) is 4.79 Å². The predicted molar refractivity (Wildman–Crippen MR) is 70.2 cm³/mol. The summed E-state index contributed by atoms with van der Waals surface area (Å²) in [6.45, 7) is 1.81. The summed E-state index contributed by atoms with van der Waals surface area (Å²) in [7, 11) is 0. The van der Waals surface area contributed by atoms with Crippen LogP contribution in [-0.2, 0) is 0 Å². The summed E-state index contributed by atoms with van der Waals surface area (Å²) in [6, 6.07) is 7.16. The average Bonchev–Trinajstić information content (AvgIpc) is 2.94. The van der Waals surface area contributed by atoms with Crippen molar-refractivity contribution in [2.45, 2.75) is 6.92 Å². The molecule has 0 aliphatic rings. The molecule has 0 unspecified atom stereocenters. The molecule has 18 heavy (non-hydrogen) atoms. The topological polar surface area (TPSA) is 46.0 Å². The van der Waals surface area contributed by atoms with E-state index in [0.29, 0.717) is 16.1 Å². The molecule has 1 aromatic carbocycles. The van der Waals surface area contributed by atoms with Gasteiger partial charge in [0.1, 0.15) is 12.0 Å². The predicted octanol–water partition coefficient (Wildman–Crippen LogP) is 3.95. The van der Waals surface area contributed by atoms with Crippen molar-refractivity contribution < 1.29 is 9.21 Å². The first-order valence-corrected chi connectivity index (χ1v) is 5.89. The second-order valence-electron chi connectivity index (χ2n) is 4.17. The van der Waals surface area contributed by atoms with Crippen LogP contribution in [0.4, 0.5) is 0 Å². The highest BCUT2D eigenvalue weighted by Gasteiger charge is 2.16. The van der Waals surface area contributed by atoms with Crippen molar-refractivity contribution in [3.8, 4) is 0 Å². The van der Waals surface area contributed by atoms with Crippen molar-refractivity contribution in [1.29, 1.82) is 0 Å². The van der Waals surface area contributed by atoms with Gasteiger partial charge in [-0.2, -0.15) is 0 Å². The maximum Gasteiger partial charge on any atom is 0.198 e. The minimum absolute atomic E-state index is 0.0691. The van der Waals surface area contributed by atoms with Gasteiger partial charge in [0.05, 0.1) is 5.56 Å². The van der Waals surface area contributed by atoms with E-state index in [0.717, 1.165) is 16.7 Å². The Balaban J connectivity index is 2.14. The molecule has 2 heterocycles. The van der Waals surface area contributed by atoms with E-state index in [1.807, 2.05) is 13.0 Å². The van der Waals surface area contributed by atoms with Gasteiger partial charge in [-0.1, -0.05) is 11.6 Å². The number of nitrogens with one attached hydrogen (secondary N) is 1. The zero-order chi connectivity index (χ0) is 12.7. The molecule has 0 bridgehead atoms. The van der Waals surface area contributed by atoms with Crippen LogP contribution in [0.1, 0.15) is 21.7 Å². The molecule has 0 saturated carbocycles. The van der Waals surface area contributed by atoms with Crippen molar-refractivity contribution in [3.63, 3.8) is 0 Å². The normalized spacial score (nSPS) is 11.0. The number of hydrogen-bond donors (Lipinski definition) is 1. The van der Waals surface area contributed by atoms with Crippen molar-refractivity contribution in [2.24, 2.45) is 0 Å². The van der Waals surface area contributed by atoms with E-state index < -0.39 is 0 Å². The van der Waals surface area contributed by atoms with Gasteiger partial charge in [0.15, 0.2) is 5.78 Å². The van der Waals surface area contributed by atoms with Crippen LogP contribution in [0.25, 0.3) is 10.9 Å². The van der Waals surface area contributed by atoms with Gasteiger partial charge in [0, 0.05) is 27.7 Å². The molecule has 0 saturated heterocycles. The molecule has 0 aliphatic heterocycles. The zero-order valence-electron chi connectivity index (χ0n) is 9.66. The third kappa shape index (κ3) is 1.73. The average molecular weight is 260 g/mol. The number of halogens is 1. The number of fused-ring (bicyclic) bond motifs is 1. The number of furan rings is 1. The maximum absolute atomic E-state index is 12.3. The fourth-order valence-corrected chi connectivity index (χ4v) is 2.17. The maximum atomic E-state index is 12.3. The lowest BCUT2D eigenvalue weighted by molar-refractivity contribution is 0.103. The molecule has 0 fully saturated rings. The van der Waals surface area contributed by atoms with Gasteiger partial charge in [-0.05, 0) is 31.2 Å².